The normalized spacial score (nSPS) is 16.7. The van der Waals surface area contributed by atoms with Gasteiger partial charge < -0.3 is 5.32 Å². The maximum Gasteiger partial charge on any atom is 0.243 e. The molecule has 0 fully saturated rings. The highest BCUT2D eigenvalue weighted by atomic mass is 32.2. The van der Waals surface area contributed by atoms with E-state index in [2.05, 4.69) is 5.32 Å². The number of sulfonamides is 1. The third-order valence-corrected chi connectivity index (χ3v) is 5.21. The van der Waals surface area contributed by atoms with Gasteiger partial charge in [0.2, 0.25) is 10.0 Å². The maximum absolute atomic E-state index is 12.5. The summed E-state index contributed by atoms with van der Waals surface area (Å²) in [6, 6.07) is 5.35. The van der Waals surface area contributed by atoms with Crippen molar-refractivity contribution in [2.75, 3.05) is 20.1 Å². The Bertz CT molecular complexity index is 579. The lowest BCUT2D eigenvalue weighted by Gasteiger charge is -2.23. The predicted molar refractivity (Wildman–Crippen MR) is 76.5 cm³/mol. The standard InChI is InChI=1S/C14H20N2O2S/c1-12-6-7-14(10-13(12)11-15-2)19(17,18)16-8-4-3-5-9-16/h3-4,6-7,10,15H,5,8-9,11H2,1-2H3. The lowest BCUT2D eigenvalue weighted by molar-refractivity contribution is 0.437. The van der Waals surface area contributed by atoms with Crippen molar-refractivity contribution in [3.8, 4) is 0 Å². The fraction of sp³-hybridized carbons (Fsp3) is 0.429. The number of hydrogen-bond acceptors (Lipinski definition) is 3. The van der Waals surface area contributed by atoms with Gasteiger partial charge in [0.05, 0.1) is 4.90 Å². The molecular weight excluding hydrogens is 260 g/mol. The van der Waals surface area contributed by atoms with Gasteiger partial charge in [0.25, 0.3) is 0 Å². The van der Waals surface area contributed by atoms with Gasteiger partial charge in [0.1, 0.15) is 0 Å². The second-order valence-corrected chi connectivity index (χ2v) is 6.68. The molecule has 2 rings (SSSR count). The number of nitrogens with one attached hydrogen (secondary N) is 1. The van der Waals surface area contributed by atoms with E-state index in [0.717, 1.165) is 17.5 Å². The zero-order valence-corrected chi connectivity index (χ0v) is 12.2. The van der Waals surface area contributed by atoms with Gasteiger partial charge in [-0.2, -0.15) is 4.31 Å². The monoisotopic (exact) mass is 280 g/mol. The van der Waals surface area contributed by atoms with Crippen LogP contribution < -0.4 is 5.32 Å². The molecule has 4 nitrogen and oxygen atoms in total. The summed E-state index contributed by atoms with van der Waals surface area (Å²) in [5, 5.41) is 3.06. The van der Waals surface area contributed by atoms with Crippen LogP contribution in [0.4, 0.5) is 0 Å². The molecule has 0 amide bonds. The van der Waals surface area contributed by atoms with E-state index in [1.165, 1.54) is 4.31 Å². The highest BCUT2D eigenvalue weighted by Crippen LogP contribution is 2.21. The van der Waals surface area contributed by atoms with Gasteiger partial charge in [-0.1, -0.05) is 18.2 Å². The average Bonchev–Trinajstić information content (AvgIpc) is 2.42. The van der Waals surface area contributed by atoms with E-state index >= 15 is 0 Å². The van der Waals surface area contributed by atoms with Crippen LogP contribution in [0.2, 0.25) is 0 Å². The van der Waals surface area contributed by atoms with Crippen molar-refractivity contribution in [3.05, 3.63) is 41.5 Å². The Hall–Kier alpha value is -1.17. The van der Waals surface area contributed by atoms with Crippen LogP contribution in [0.25, 0.3) is 0 Å². The van der Waals surface area contributed by atoms with E-state index in [-0.39, 0.29) is 0 Å². The molecule has 0 unspecified atom stereocenters. The van der Waals surface area contributed by atoms with Crippen LogP contribution in [0.15, 0.2) is 35.2 Å². The van der Waals surface area contributed by atoms with Crippen LogP contribution in [-0.2, 0) is 16.6 Å². The molecular formula is C14H20N2O2S. The summed E-state index contributed by atoms with van der Waals surface area (Å²) < 4.78 is 26.6. The predicted octanol–water partition coefficient (Wildman–Crippen LogP) is 1.67. The molecule has 0 aliphatic carbocycles. The van der Waals surface area contributed by atoms with E-state index in [0.29, 0.717) is 24.5 Å². The van der Waals surface area contributed by atoms with Gasteiger partial charge in [-0.3, -0.25) is 0 Å². The highest BCUT2D eigenvalue weighted by Gasteiger charge is 2.24. The Balaban J connectivity index is 2.34. The zero-order valence-electron chi connectivity index (χ0n) is 11.4. The van der Waals surface area contributed by atoms with Crippen molar-refractivity contribution in [2.24, 2.45) is 0 Å². The molecule has 0 saturated heterocycles. The molecule has 104 valence electrons. The SMILES string of the molecule is CNCc1cc(S(=O)(=O)N2CC=CCC2)ccc1C. The molecule has 0 radical (unpaired) electrons. The molecule has 19 heavy (non-hydrogen) atoms. The minimum Gasteiger partial charge on any atom is -0.316 e. The average molecular weight is 280 g/mol. The Morgan fingerprint density at radius 2 is 2.11 bits per heavy atom. The fourth-order valence-electron chi connectivity index (χ4n) is 2.18. The summed E-state index contributed by atoms with van der Waals surface area (Å²) in [6.45, 7) is 3.70. The lowest BCUT2D eigenvalue weighted by Crippen LogP contribution is -2.33. The van der Waals surface area contributed by atoms with Crippen molar-refractivity contribution >= 4 is 10.0 Å². The molecule has 1 aromatic carbocycles. The molecule has 0 aromatic heterocycles. The zero-order chi connectivity index (χ0) is 13.9. The van der Waals surface area contributed by atoms with Crippen molar-refractivity contribution in [1.82, 2.24) is 9.62 Å². The maximum atomic E-state index is 12.5. The minimum absolute atomic E-state index is 0.388. The van der Waals surface area contributed by atoms with Gasteiger partial charge in [-0.05, 0) is 43.7 Å². The van der Waals surface area contributed by atoms with Crippen LogP contribution >= 0.6 is 0 Å². The second kappa shape index (κ2) is 5.86. The number of nitrogens with zero attached hydrogens (tertiary/aromatic N) is 1. The third-order valence-electron chi connectivity index (χ3n) is 3.35. The first-order valence-corrected chi connectivity index (χ1v) is 7.89. The quantitative estimate of drug-likeness (QED) is 0.854. The van der Waals surface area contributed by atoms with E-state index < -0.39 is 10.0 Å². The second-order valence-electron chi connectivity index (χ2n) is 4.74. The van der Waals surface area contributed by atoms with E-state index in [1.807, 2.05) is 32.2 Å². The van der Waals surface area contributed by atoms with E-state index in [1.54, 1.807) is 12.1 Å². The van der Waals surface area contributed by atoms with Crippen molar-refractivity contribution in [3.63, 3.8) is 0 Å². The number of rotatable bonds is 4. The summed E-state index contributed by atoms with van der Waals surface area (Å²) >= 11 is 0. The van der Waals surface area contributed by atoms with Gasteiger partial charge in [0, 0.05) is 19.6 Å². The molecule has 1 heterocycles. The molecule has 0 saturated carbocycles. The van der Waals surface area contributed by atoms with Crippen molar-refractivity contribution in [1.29, 1.82) is 0 Å². The van der Waals surface area contributed by atoms with Crippen molar-refractivity contribution in [2.45, 2.75) is 24.8 Å². The van der Waals surface area contributed by atoms with Gasteiger partial charge in [-0.25, -0.2) is 8.42 Å². The Kier molecular flexibility index (Phi) is 4.39. The van der Waals surface area contributed by atoms with Crippen LogP contribution in [0, 0.1) is 6.92 Å². The van der Waals surface area contributed by atoms with E-state index in [9.17, 15) is 8.42 Å². The number of benzene rings is 1. The van der Waals surface area contributed by atoms with Crippen LogP contribution in [-0.4, -0.2) is 32.9 Å². The minimum atomic E-state index is -3.37. The van der Waals surface area contributed by atoms with Crippen LogP contribution in [0.3, 0.4) is 0 Å². The Morgan fingerprint density at radius 3 is 2.74 bits per heavy atom. The molecule has 1 aliphatic heterocycles. The summed E-state index contributed by atoms with van der Waals surface area (Å²) in [4.78, 5) is 0.388. The summed E-state index contributed by atoms with van der Waals surface area (Å²) in [5.74, 6) is 0. The molecule has 1 aliphatic rings. The molecule has 1 N–H and O–H groups in total. The third kappa shape index (κ3) is 3.05. The largest absolute Gasteiger partial charge is 0.316 e. The van der Waals surface area contributed by atoms with Gasteiger partial charge in [-0.15, -0.1) is 0 Å². The Morgan fingerprint density at radius 1 is 1.32 bits per heavy atom. The molecule has 5 heteroatoms. The first kappa shape index (κ1) is 14.2. The Labute approximate surface area is 115 Å². The van der Waals surface area contributed by atoms with Gasteiger partial charge >= 0.3 is 0 Å². The molecule has 0 atom stereocenters. The van der Waals surface area contributed by atoms with Crippen LogP contribution in [0.1, 0.15) is 17.5 Å². The summed E-state index contributed by atoms with van der Waals surface area (Å²) in [6.07, 6.45) is 4.71. The number of aryl methyl sites for hydroxylation is 1. The summed E-state index contributed by atoms with van der Waals surface area (Å²) in [7, 11) is -1.51. The summed E-state index contributed by atoms with van der Waals surface area (Å²) in [5.41, 5.74) is 2.13. The van der Waals surface area contributed by atoms with E-state index in [4.69, 9.17) is 0 Å². The smallest absolute Gasteiger partial charge is 0.243 e. The fourth-order valence-corrected chi connectivity index (χ4v) is 3.63. The van der Waals surface area contributed by atoms with Gasteiger partial charge in [0.15, 0.2) is 0 Å². The first-order valence-electron chi connectivity index (χ1n) is 6.45. The number of hydrogen-bond donors (Lipinski definition) is 1. The first-order chi connectivity index (χ1) is 9.05. The lowest BCUT2D eigenvalue weighted by atomic mass is 10.1. The topological polar surface area (TPSA) is 49.4 Å². The van der Waals surface area contributed by atoms with Crippen molar-refractivity contribution < 1.29 is 8.42 Å². The van der Waals surface area contributed by atoms with Crippen LogP contribution in [0.5, 0.6) is 0 Å². The highest BCUT2D eigenvalue weighted by molar-refractivity contribution is 7.89. The molecule has 1 aromatic rings. The molecule has 0 bridgehead atoms. The molecule has 0 spiro atoms.